The summed E-state index contributed by atoms with van der Waals surface area (Å²) < 4.78 is 7.11. The second-order valence-corrected chi connectivity index (χ2v) is 7.45. The third-order valence-electron chi connectivity index (χ3n) is 2.23. The van der Waals surface area contributed by atoms with Crippen LogP contribution in [0.5, 0.6) is 0 Å². The average molecular weight is 246 g/mol. The number of rotatable bonds is 6. The van der Waals surface area contributed by atoms with Crippen LogP contribution in [0.2, 0.25) is 0 Å². The van der Waals surface area contributed by atoms with Gasteiger partial charge in [-0.1, -0.05) is 0 Å². The summed E-state index contributed by atoms with van der Waals surface area (Å²) >= 11 is 0. The molecule has 0 spiro atoms. The summed E-state index contributed by atoms with van der Waals surface area (Å²) in [7, 11) is 12.5. The Labute approximate surface area is 106 Å². The molecule has 0 aliphatic rings. The van der Waals surface area contributed by atoms with Crippen molar-refractivity contribution in [1.82, 2.24) is 0 Å². The Kier molecular flexibility index (Phi) is 5.16. The summed E-state index contributed by atoms with van der Waals surface area (Å²) in [6.45, 7) is 5.56. The number of nitrogens with zero attached hydrogens (tertiary/aromatic N) is 2. The molecule has 0 saturated carbocycles. The molecule has 0 aromatic heterocycles. The molecule has 17 heavy (non-hydrogen) atoms. The summed E-state index contributed by atoms with van der Waals surface area (Å²) in [6, 6.07) is 0. The molecule has 0 amide bonds. The van der Waals surface area contributed by atoms with Gasteiger partial charge in [0.2, 0.25) is 0 Å². The first-order valence-corrected chi connectivity index (χ1v) is 6.14. The van der Waals surface area contributed by atoms with E-state index in [1.807, 2.05) is 13.8 Å². The highest BCUT2D eigenvalue weighted by Gasteiger charge is 2.30. The number of carbonyl (C=O) groups excluding carboxylic acids is 1. The van der Waals surface area contributed by atoms with Crippen molar-refractivity contribution in [1.29, 1.82) is 0 Å². The molecule has 4 nitrogen and oxygen atoms in total. The Morgan fingerprint density at radius 1 is 1.00 bits per heavy atom. The van der Waals surface area contributed by atoms with Crippen molar-refractivity contribution in [3.63, 3.8) is 0 Å². The van der Waals surface area contributed by atoms with E-state index in [0.717, 1.165) is 22.1 Å². The normalized spacial score (nSPS) is 13.6. The molecule has 0 saturated heterocycles. The third-order valence-corrected chi connectivity index (χ3v) is 2.23. The Morgan fingerprint density at radius 2 is 1.47 bits per heavy atom. The molecule has 0 fully saturated rings. The van der Waals surface area contributed by atoms with Gasteiger partial charge in [0.1, 0.15) is 6.54 Å². The van der Waals surface area contributed by atoms with E-state index in [0.29, 0.717) is 6.42 Å². The predicted octanol–water partition coefficient (Wildman–Crippen LogP) is 1.11. The van der Waals surface area contributed by atoms with Crippen LogP contribution in [0.4, 0.5) is 0 Å². The Balaban J connectivity index is 4.19. The smallest absolute Gasteiger partial charge is 0.312 e. The van der Waals surface area contributed by atoms with E-state index in [-0.39, 0.29) is 5.97 Å². The maximum atomic E-state index is 11.8. The van der Waals surface area contributed by atoms with Crippen molar-refractivity contribution in [3.05, 3.63) is 0 Å². The first-order chi connectivity index (χ1) is 7.31. The van der Waals surface area contributed by atoms with E-state index in [1.165, 1.54) is 0 Å². The lowest BCUT2D eigenvalue weighted by Crippen LogP contribution is -2.48. The fourth-order valence-corrected chi connectivity index (χ4v) is 1.96. The zero-order chi connectivity index (χ0) is 13.9. The lowest BCUT2D eigenvalue weighted by atomic mass is 10.1. The molecule has 0 N–H and O–H groups in total. The molecule has 0 bridgehead atoms. The van der Waals surface area contributed by atoms with E-state index in [9.17, 15) is 4.79 Å². The summed E-state index contributed by atoms with van der Waals surface area (Å²) in [4.78, 5) is 11.8. The van der Waals surface area contributed by atoms with E-state index in [1.54, 1.807) is 0 Å². The molecule has 0 rings (SSSR count). The number of esters is 1. The van der Waals surface area contributed by atoms with E-state index >= 15 is 0 Å². The second kappa shape index (κ2) is 5.36. The fraction of sp³-hybridized carbons (Fsp3) is 0.923. The van der Waals surface area contributed by atoms with Crippen LogP contribution < -0.4 is 0 Å². The molecule has 0 aliphatic carbocycles. The van der Waals surface area contributed by atoms with Crippen molar-refractivity contribution in [2.24, 2.45) is 0 Å². The van der Waals surface area contributed by atoms with Gasteiger partial charge in [-0.05, 0) is 13.8 Å². The van der Waals surface area contributed by atoms with Gasteiger partial charge >= 0.3 is 5.97 Å². The maximum absolute atomic E-state index is 11.8. The SMILES string of the molecule is CC(C)(C[N+](C)(C)C)OC(=O)CC[N+](C)(C)C. The molecule has 4 heteroatoms. The van der Waals surface area contributed by atoms with Crippen molar-refractivity contribution in [2.75, 3.05) is 55.4 Å². The first kappa shape index (κ1) is 16.4. The van der Waals surface area contributed by atoms with Crippen LogP contribution in [0.3, 0.4) is 0 Å². The van der Waals surface area contributed by atoms with E-state index < -0.39 is 5.60 Å². The molecular formula is C13H30N2O2+2. The Morgan fingerprint density at radius 3 is 1.82 bits per heavy atom. The van der Waals surface area contributed by atoms with Gasteiger partial charge in [0.05, 0.1) is 55.3 Å². The Hall–Kier alpha value is -0.610. The molecule has 0 unspecified atom stereocenters. The minimum Gasteiger partial charge on any atom is -0.453 e. The van der Waals surface area contributed by atoms with Crippen LogP contribution in [0.15, 0.2) is 0 Å². The summed E-state index contributed by atoms with van der Waals surface area (Å²) in [5.41, 5.74) is -0.403. The zero-order valence-corrected chi connectivity index (χ0v) is 12.8. The number of likely N-dealkylation sites (N-methyl/N-ethyl adjacent to an activating group) is 1. The van der Waals surface area contributed by atoms with Gasteiger partial charge in [-0.2, -0.15) is 0 Å². The van der Waals surface area contributed by atoms with Gasteiger partial charge in [-0.25, -0.2) is 0 Å². The lowest BCUT2D eigenvalue weighted by molar-refractivity contribution is -0.876. The minimum absolute atomic E-state index is 0.100. The van der Waals surface area contributed by atoms with Crippen molar-refractivity contribution in [2.45, 2.75) is 25.9 Å². The molecule has 0 aliphatic heterocycles. The molecule has 0 aromatic rings. The monoisotopic (exact) mass is 246 g/mol. The van der Waals surface area contributed by atoms with Gasteiger partial charge in [0.15, 0.2) is 5.60 Å². The number of hydrogen-bond acceptors (Lipinski definition) is 2. The highest BCUT2D eigenvalue weighted by atomic mass is 16.6. The van der Waals surface area contributed by atoms with Crippen LogP contribution in [0, 0.1) is 0 Å². The van der Waals surface area contributed by atoms with Gasteiger partial charge in [0, 0.05) is 0 Å². The van der Waals surface area contributed by atoms with Crippen LogP contribution >= 0.6 is 0 Å². The molecule has 0 aromatic carbocycles. The van der Waals surface area contributed by atoms with Gasteiger partial charge in [-0.15, -0.1) is 0 Å². The van der Waals surface area contributed by atoms with E-state index in [4.69, 9.17) is 4.74 Å². The molecule has 0 heterocycles. The number of hydrogen-bond donors (Lipinski definition) is 0. The van der Waals surface area contributed by atoms with Crippen LogP contribution in [-0.4, -0.2) is 75.9 Å². The highest BCUT2D eigenvalue weighted by Crippen LogP contribution is 2.14. The van der Waals surface area contributed by atoms with Gasteiger partial charge in [-0.3, -0.25) is 4.79 Å². The predicted molar refractivity (Wildman–Crippen MR) is 70.6 cm³/mol. The first-order valence-electron chi connectivity index (χ1n) is 6.14. The molecule has 0 atom stereocenters. The minimum atomic E-state index is -0.403. The highest BCUT2D eigenvalue weighted by molar-refractivity contribution is 5.69. The van der Waals surface area contributed by atoms with Crippen molar-refractivity contribution >= 4 is 5.97 Å². The quantitative estimate of drug-likeness (QED) is 0.518. The number of carbonyl (C=O) groups is 1. The average Bonchev–Trinajstić information content (AvgIpc) is 1.93. The molecule has 0 radical (unpaired) electrons. The van der Waals surface area contributed by atoms with E-state index in [2.05, 4.69) is 42.3 Å². The van der Waals surface area contributed by atoms with Crippen molar-refractivity contribution < 1.29 is 18.5 Å². The van der Waals surface area contributed by atoms with Crippen molar-refractivity contribution in [3.8, 4) is 0 Å². The second-order valence-electron chi connectivity index (χ2n) is 7.45. The summed E-state index contributed by atoms with van der Waals surface area (Å²) in [6.07, 6.45) is 0.476. The largest absolute Gasteiger partial charge is 0.453 e. The van der Waals surface area contributed by atoms with Gasteiger partial charge < -0.3 is 13.7 Å². The van der Waals surface area contributed by atoms with Crippen LogP contribution in [-0.2, 0) is 9.53 Å². The Bertz CT molecular complexity index is 260. The van der Waals surface area contributed by atoms with Gasteiger partial charge in [0.25, 0.3) is 0 Å². The summed E-state index contributed by atoms with van der Waals surface area (Å²) in [5.74, 6) is -0.100. The third kappa shape index (κ3) is 10.3. The topological polar surface area (TPSA) is 26.3 Å². The zero-order valence-electron chi connectivity index (χ0n) is 12.8. The lowest BCUT2D eigenvalue weighted by Gasteiger charge is -2.34. The van der Waals surface area contributed by atoms with Crippen LogP contribution in [0.25, 0.3) is 0 Å². The number of ether oxygens (including phenoxy) is 1. The standard InChI is InChI=1S/C13H30N2O2/c1-13(2,11-15(6,7)8)17-12(16)9-10-14(3,4)5/h9-11H2,1-8H3/q+2. The van der Waals surface area contributed by atoms with Crippen LogP contribution in [0.1, 0.15) is 20.3 Å². The fourth-order valence-electron chi connectivity index (χ4n) is 1.96. The molecule has 102 valence electrons. The summed E-state index contributed by atoms with van der Waals surface area (Å²) in [5, 5.41) is 0. The molecular weight excluding hydrogens is 216 g/mol. The number of quaternary nitrogens is 2. The maximum Gasteiger partial charge on any atom is 0.312 e.